The Bertz CT molecular complexity index is 579. The number of hydrogen-bond acceptors (Lipinski definition) is 2. The van der Waals surface area contributed by atoms with Gasteiger partial charge in [-0.1, -0.05) is 35.9 Å². The Labute approximate surface area is 120 Å². The SMILES string of the molecule is Cc1ccc(C(=O)CCNc2cc(C)cc(C)c2)cc1. The van der Waals surface area contributed by atoms with E-state index < -0.39 is 0 Å². The third-order valence-electron chi connectivity index (χ3n) is 3.28. The van der Waals surface area contributed by atoms with Crippen LogP contribution >= 0.6 is 0 Å². The molecule has 0 aromatic heterocycles. The summed E-state index contributed by atoms with van der Waals surface area (Å²) in [6.07, 6.45) is 0.510. The molecule has 0 atom stereocenters. The predicted octanol–water partition coefficient (Wildman–Crippen LogP) is 4.30. The molecule has 2 nitrogen and oxygen atoms in total. The lowest BCUT2D eigenvalue weighted by atomic mass is 10.1. The standard InChI is InChI=1S/C18H21NO/c1-13-4-6-16(7-5-13)18(20)8-9-19-17-11-14(2)10-15(3)12-17/h4-7,10-12,19H,8-9H2,1-3H3. The zero-order chi connectivity index (χ0) is 14.5. The van der Waals surface area contributed by atoms with Crippen molar-refractivity contribution in [1.82, 2.24) is 0 Å². The summed E-state index contributed by atoms with van der Waals surface area (Å²) in [6.45, 7) is 6.84. The van der Waals surface area contributed by atoms with Crippen LogP contribution in [0.4, 0.5) is 5.69 Å². The first-order chi connectivity index (χ1) is 9.54. The number of nitrogens with one attached hydrogen (secondary N) is 1. The maximum Gasteiger partial charge on any atom is 0.164 e. The molecule has 0 radical (unpaired) electrons. The molecule has 0 aliphatic heterocycles. The summed E-state index contributed by atoms with van der Waals surface area (Å²) in [5, 5.41) is 3.32. The summed E-state index contributed by atoms with van der Waals surface area (Å²) < 4.78 is 0. The molecule has 20 heavy (non-hydrogen) atoms. The molecule has 2 heteroatoms. The van der Waals surface area contributed by atoms with Gasteiger partial charge in [0.05, 0.1) is 0 Å². The van der Waals surface area contributed by atoms with E-state index in [1.165, 1.54) is 16.7 Å². The van der Waals surface area contributed by atoms with E-state index in [4.69, 9.17) is 0 Å². The first kappa shape index (κ1) is 14.3. The summed E-state index contributed by atoms with van der Waals surface area (Å²) in [5.41, 5.74) is 5.52. The number of Topliss-reactive ketones (excluding diaryl/α,β-unsaturated/α-hetero) is 1. The molecule has 0 aliphatic rings. The van der Waals surface area contributed by atoms with Crippen LogP contribution in [-0.2, 0) is 0 Å². The van der Waals surface area contributed by atoms with Crippen molar-refractivity contribution in [3.63, 3.8) is 0 Å². The normalized spacial score (nSPS) is 10.3. The molecule has 2 rings (SSSR count). The average molecular weight is 267 g/mol. The molecule has 2 aromatic rings. The molecule has 0 saturated carbocycles. The number of carbonyl (C=O) groups excluding carboxylic acids is 1. The molecule has 0 saturated heterocycles. The molecule has 0 fully saturated rings. The van der Waals surface area contributed by atoms with Crippen molar-refractivity contribution in [2.24, 2.45) is 0 Å². The highest BCUT2D eigenvalue weighted by Gasteiger charge is 2.05. The Kier molecular flexibility index (Phi) is 4.57. The molecule has 0 amide bonds. The second-order valence-corrected chi connectivity index (χ2v) is 5.34. The fourth-order valence-electron chi connectivity index (χ4n) is 2.28. The Hall–Kier alpha value is -2.09. The fraction of sp³-hybridized carbons (Fsp3) is 0.278. The van der Waals surface area contributed by atoms with Gasteiger partial charge in [-0.2, -0.15) is 0 Å². The number of rotatable bonds is 5. The molecular formula is C18H21NO. The highest BCUT2D eigenvalue weighted by molar-refractivity contribution is 5.96. The van der Waals surface area contributed by atoms with Crippen LogP contribution in [-0.4, -0.2) is 12.3 Å². The van der Waals surface area contributed by atoms with E-state index in [9.17, 15) is 4.79 Å². The Morgan fingerprint density at radius 1 is 0.900 bits per heavy atom. The van der Waals surface area contributed by atoms with Gasteiger partial charge in [0.25, 0.3) is 0 Å². The number of aryl methyl sites for hydroxylation is 3. The molecule has 2 aromatic carbocycles. The van der Waals surface area contributed by atoms with Crippen LogP contribution in [0.1, 0.15) is 33.5 Å². The van der Waals surface area contributed by atoms with Gasteiger partial charge >= 0.3 is 0 Å². The molecule has 0 unspecified atom stereocenters. The summed E-state index contributed by atoms with van der Waals surface area (Å²) in [5.74, 6) is 0.182. The summed E-state index contributed by atoms with van der Waals surface area (Å²) >= 11 is 0. The maximum atomic E-state index is 12.0. The fourth-order valence-corrected chi connectivity index (χ4v) is 2.28. The van der Waals surface area contributed by atoms with E-state index in [1.54, 1.807) is 0 Å². The van der Waals surface area contributed by atoms with Gasteiger partial charge < -0.3 is 5.32 Å². The van der Waals surface area contributed by atoms with Crippen LogP contribution in [0.15, 0.2) is 42.5 Å². The van der Waals surface area contributed by atoms with Crippen LogP contribution in [0, 0.1) is 20.8 Å². The van der Waals surface area contributed by atoms with Crippen molar-refractivity contribution < 1.29 is 4.79 Å². The summed E-state index contributed by atoms with van der Waals surface area (Å²) in [7, 11) is 0. The average Bonchev–Trinajstić information content (AvgIpc) is 2.38. The lowest BCUT2D eigenvalue weighted by molar-refractivity contribution is 0.0986. The van der Waals surface area contributed by atoms with Crippen molar-refractivity contribution in [1.29, 1.82) is 0 Å². The van der Waals surface area contributed by atoms with E-state index in [-0.39, 0.29) is 5.78 Å². The van der Waals surface area contributed by atoms with Crippen molar-refractivity contribution in [3.05, 3.63) is 64.7 Å². The smallest absolute Gasteiger partial charge is 0.164 e. The number of anilines is 1. The number of hydrogen-bond donors (Lipinski definition) is 1. The van der Waals surface area contributed by atoms with Gasteiger partial charge in [-0.3, -0.25) is 4.79 Å². The maximum absolute atomic E-state index is 12.0. The quantitative estimate of drug-likeness (QED) is 0.818. The highest BCUT2D eigenvalue weighted by Crippen LogP contribution is 2.14. The molecule has 0 bridgehead atoms. The van der Waals surface area contributed by atoms with Crippen molar-refractivity contribution in [2.45, 2.75) is 27.2 Å². The Balaban J connectivity index is 1.89. The van der Waals surface area contributed by atoms with Gasteiger partial charge in [0.15, 0.2) is 5.78 Å². The van der Waals surface area contributed by atoms with E-state index in [2.05, 4.69) is 37.4 Å². The minimum Gasteiger partial charge on any atom is -0.385 e. The second-order valence-electron chi connectivity index (χ2n) is 5.34. The third kappa shape index (κ3) is 3.95. The van der Waals surface area contributed by atoms with Crippen LogP contribution in [0.3, 0.4) is 0 Å². The number of ketones is 1. The van der Waals surface area contributed by atoms with Crippen molar-refractivity contribution in [2.75, 3.05) is 11.9 Å². The van der Waals surface area contributed by atoms with Crippen LogP contribution < -0.4 is 5.32 Å². The highest BCUT2D eigenvalue weighted by atomic mass is 16.1. The van der Waals surface area contributed by atoms with Gasteiger partial charge in [0, 0.05) is 24.2 Å². The Morgan fingerprint density at radius 2 is 1.50 bits per heavy atom. The third-order valence-corrected chi connectivity index (χ3v) is 3.28. The van der Waals surface area contributed by atoms with Crippen molar-refractivity contribution >= 4 is 11.5 Å². The van der Waals surface area contributed by atoms with Gasteiger partial charge in [0.1, 0.15) is 0 Å². The zero-order valence-corrected chi connectivity index (χ0v) is 12.4. The molecule has 0 heterocycles. The molecule has 0 aliphatic carbocycles. The second kappa shape index (κ2) is 6.38. The van der Waals surface area contributed by atoms with Crippen molar-refractivity contribution in [3.8, 4) is 0 Å². The molecule has 0 spiro atoms. The van der Waals surface area contributed by atoms with Crippen LogP contribution in [0.2, 0.25) is 0 Å². The Morgan fingerprint density at radius 3 is 2.10 bits per heavy atom. The minimum absolute atomic E-state index is 0.182. The number of carbonyl (C=O) groups is 1. The summed E-state index contributed by atoms with van der Waals surface area (Å²) in [6, 6.07) is 14.1. The van der Waals surface area contributed by atoms with Gasteiger partial charge in [-0.25, -0.2) is 0 Å². The van der Waals surface area contributed by atoms with Crippen LogP contribution in [0.5, 0.6) is 0 Å². The monoisotopic (exact) mass is 267 g/mol. The van der Waals surface area contributed by atoms with E-state index in [1.807, 2.05) is 31.2 Å². The lowest BCUT2D eigenvalue weighted by Gasteiger charge is -2.08. The first-order valence-corrected chi connectivity index (χ1v) is 6.96. The van der Waals surface area contributed by atoms with Gasteiger partial charge in [-0.15, -0.1) is 0 Å². The predicted molar refractivity (Wildman–Crippen MR) is 84.5 cm³/mol. The molecular weight excluding hydrogens is 246 g/mol. The van der Waals surface area contributed by atoms with Gasteiger partial charge in [-0.05, 0) is 44.0 Å². The topological polar surface area (TPSA) is 29.1 Å². The van der Waals surface area contributed by atoms with Crippen LogP contribution in [0.25, 0.3) is 0 Å². The first-order valence-electron chi connectivity index (χ1n) is 6.96. The van der Waals surface area contributed by atoms with Gasteiger partial charge in [0.2, 0.25) is 0 Å². The minimum atomic E-state index is 0.182. The largest absolute Gasteiger partial charge is 0.385 e. The van der Waals surface area contributed by atoms with E-state index >= 15 is 0 Å². The number of benzene rings is 2. The van der Waals surface area contributed by atoms with E-state index in [0.29, 0.717) is 13.0 Å². The zero-order valence-electron chi connectivity index (χ0n) is 12.4. The lowest BCUT2D eigenvalue weighted by Crippen LogP contribution is -2.09. The van der Waals surface area contributed by atoms with E-state index in [0.717, 1.165) is 11.3 Å². The molecule has 1 N–H and O–H groups in total. The summed E-state index contributed by atoms with van der Waals surface area (Å²) in [4.78, 5) is 12.0. The molecule has 104 valence electrons.